The van der Waals surface area contributed by atoms with Gasteiger partial charge in [-0.2, -0.15) is 0 Å². The summed E-state index contributed by atoms with van der Waals surface area (Å²) in [6.07, 6.45) is 1.22. The highest BCUT2D eigenvalue weighted by Gasteiger charge is 2.22. The maximum Gasteiger partial charge on any atom is 0.223 e. The molecule has 1 amide bonds. The van der Waals surface area contributed by atoms with Crippen molar-refractivity contribution in [2.45, 2.75) is 19.3 Å². The lowest BCUT2D eigenvalue weighted by Gasteiger charge is -2.36. The summed E-state index contributed by atoms with van der Waals surface area (Å²) in [5.41, 5.74) is 1.65. The van der Waals surface area contributed by atoms with Crippen molar-refractivity contribution in [1.82, 2.24) is 4.90 Å². The first-order valence-corrected chi connectivity index (χ1v) is 10.7. The lowest BCUT2D eigenvalue weighted by molar-refractivity contribution is -0.131. The van der Waals surface area contributed by atoms with Crippen LogP contribution < -0.4 is 19.1 Å². The Morgan fingerprint density at radius 2 is 1.71 bits per heavy atom. The minimum atomic E-state index is -0.0565. The Morgan fingerprint density at radius 3 is 2.48 bits per heavy atom. The highest BCUT2D eigenvalue weighted by molar-refractivity contribution is 5.98. The first-order valence-electron chi connectivity index (χ1n) is 10.7. The molecule has 2 aromatic carbocycles. The van der Waals surface area contributed by atoms with Gasteiger partial charge in [0.25, 0.3) is 0 Å². The molecular weight excluding hydrogens is 396 g/mol. The average Bonchev–Trinajstić information content (AvgIpc) is 3.07. The number of Topliss-reactive ketones (excluding diaryl/α,β-unsaturated/α-hetero) is 1. The summed E-state index contributed by atoms with van der Waals surface area (Å²) in [6, 6.07) is 13.2. The third-order valence-electron chi connectivity index (χ3n) is 5.69. The van der Waals surface area contributed by atoms with Crippen LogP contribution in [-0.4, -0.2) is 63.1 Å². The van der Waals surface area contributed by atoms with Gasteiger partial charge in [0, 0.05) is 62.8 Å². The predicted molar refractivity (Wildman–Crippen MR) is 117 cm³/mol. The summed E-state index contributed by atoms with van der Waals surface area (Å²) in [5, 5.41) is 0. The SMILES string of the molecule is COc1cccc(N2CCN(C(=O)CCC(=O)c3ccc4c(c3)OCCCO4)CC2)c1. The van der Waals surface area contributed by atoms with Gasteiger partial charge in [0.2, 0.25) is 5.91 Å². The number of piperazine rings is 1. The Balaban J connectivity index is 1.27. The minimum Gasteiger partial charge on any atom is -0.497 e. The molecule has 0 spiro atoms. The summed E-state index contributed by atoms with van der Waals surface area (Å²) in [5.74, 6) is 2.05. The van der Waals surface area contributed by atoms with Crippen LogP contribution in [0.5, 0.6) is 17.2 Å². The molecule has 0 aromatic heterocycles. The molecule has 2 aromatic rings. The minimum absolute atomic E-state index is 0.0213. The van der Waals surface area contributed by atoms with Crippen molar-refractivity contribution in [2.75, 3.05) is 51.4 Å². The number of carbonyl (C=O) groups excluding carboxylic acids is 2. The Morgan fingerprint density at radius 1 is 0.935 bits per heavy atom. The number of rotatable bonds is 6. The standard InChI is InChI=1S/C24H28N2O5/c1-29-20-5-2-4-19(17-20)25-10-12-26(13-11-25)24(28)9-7-21(27)18-6-8-22-23(16-18)31-15-3-14-30-22/h2,4-6,8,16-17H,3,7,9-15H2,1H3. The van der Waals surface area contributed by atoms with Crippen LogP contribution in [0.1, 0.15) is 29.6 Å². The molecule has 0 saturated carbocycles. The van der Waals surface area contributed by atoms with Crippen LogP contribution in [0.15, 0.2) is 42.5 Å². The Bertz CT molecular complexity index is 937. The van der Waals surface area contributed by atoms with Crippen molar-refractivity contribution in [1.29, 1.82) is 0 Å². The molecule has 0 bridgehead atoms. The highest BCUT2D eigenvalue weighted by Crippen LogP contribution is 2.31. The van der Waals surface area contributed by atoms with Crippen LogP contribution in [0, 0.1) is 0 Å². The lowest BCUT2D eigenvalue weighted by atomic mass is 10.1. The molecular formula is C24H28N2O5. The number of fused-ring (bicyclic) bond motifs is 1. The molecule has 0 aliphatic carbocycles. The van der Waals surface area contributed by atoms with Gasteiger partial charge in [-0.3, -0.25) is 9.59 Å². The Hall–Kier alpha value is -3.22. The monoisotopic (exact) mass is 424 g/mol. The van der Waals surface area contributed by atoms with E-state index in [2.05, 4.69) is 4.90 Å². The van der Waals surface area contributed by atoms with Crippen LogP contribution in [0.4, 0.5) is 5.69 Å². The van der Waals surface area contributed by atoms with Crippen molar-refractivity contribution in [3.8, 4) is 17.2 Å². The molecule has 0 N–H and O–H groups in total. The van der Waals surface area contributed by atoms with E-state index in [1.165, 1.54) is 0 Å². The number of benzene rings is 2. The van der Waals surface area contributed by atoms with E-state index in [0.717, 1.165) is 30.9 Å². The second kappa shape index (κ2) is 9.73. The number of amides is 1. The van der Waals surface area contributed by atoms with Gasteiger partial charge in [-0.25, -0.2) is 0 Å². The second-order valence-electron chi connectivity index (χ2n) is 7.70. The number of nitrogens with zero attached hydrogens (tertiary/aromatic N) is 2. The predicted octanol–water partition coefficient (Wildman–Crippen LogP) is 3.17. The molecule has 0 atom stereocenters. The maximum absolute atomic E-state index is 12.6. The van der Waals surface area contributed by atoms with E-state index >= 15 is 0 Å². The summed E-state index contributed by atoms with van der Waals surface area (Å²) in [7, 11) is 1.66. The fourth-order valence-electron chi connectivity index (χ4n) is 3.88. The zero-order chi connectivity index (χ0) is 21.6. The molecule has 2 heterocycles. The van der Waals surface area contributed by atoms with Gasteiger partial charge in [0.05, 0.1) is 20.3 Å². The summed E-state index contributed by atoms with van der Waals surface area (Å²) < 4.78 is 16.6. The average molecular weight is 424 g/mol. The highest BCUT2D eigenvalue weighted by atomic mass is 16.5. The molecule has 0 unspecified atom stereocenters. The number of ketones is 1. The van der Waals surface area contributed by atoms with Crippen LogP contribution >= 0.6 is 0 Å². The molecule has 7 heteroatoms. The van der Waals surface area contributed by atoms with E-state index < -0.39 is 0 Å². The Labute approximate surface area is 182 Å². The number of ether oxygens (including phenoxy) is 3. The maximum atomic E-state index is 12.6. The smallest absolute Gasteiger partial charge is 0.223 e. The summed E-state index contributed by atoms with van der Waals surface area (Å²) in [4.78, 5) is 29.4. The second-order valence-corrected chi connectivity index (χ2v) is 7.70. The zero-order valence-corrected chi connectivity index (χ0v) is 17.8. The van der Waals surface area contributed by atoms with Crippen molar-refractivity contribution >= 4 is 17.4 Å². The quantitative estimate of drug-likeness (QED) is 0.664. The molecule has 4 rings (SSSR count). The summed E-state index contributed by atoms with van der Waals surface area (Å²) in [6.45, 7) is 4.00. The normalized spacial score (nSPS) is 15.9. The third kappa shape index (κ3) is 5.10. The van der Waals surface area contributed by atoms with E-state index in [0.29, 0.717) is 43.4 Å². The van der Waals surface area contributed by atoms with E-state index in [1.807, 2.05) is 29.2 Å². The molecule has 1 saturated heterocycles. The van der Waals surface area contributed by atoms with Gasteiger partial charge in [-0.15, -0.1) is 0 Å². The van der Waals surface area contributed by atoms with Crippen molar-refractivity contribution < 1.29 is 23.8 Å². The molecule has 2 aliphatic rings. The molecule has 2 aliphatic heterocycles. The van der Waals surface area contributed by atoms with Crippen molar-refractivity contribution in [3.05, 3.63) is 48.0 Å². The van der Waals surface area contributed by atoms with Crippen LogP contribution in [-0.2, 0) is 4.79 Å². The van der Waals surface area contributed by atoms with Crippen molar-refractivity contribution in [2.24, 2.45) is 0 Å². The largest absolute Gasteiger partial charge is 0.497 e. The Kier molecular flexibility index (Phi) is 6.60. The first kappa shape index (κ1) is 21.0. The third-order valence-corrected chi connectivity index (χ3v) is 5.69. The molecule has 164 valence electrons. The van der Waals surface area contributed by atoms with Gasteiger partial charge in [0.1, 0.15) is 5.75 Å². The molecule has 7 nitrogen and oxygen atoms in total. The van der Waals surface area contributed by atoms with Crippen molar-refractivity contribution in [3.63, 3.8) is 0 Å². The van der Waals surface area contributed by atoms with Crippen LogP contribution in [0.25, 0.3) is 0 Å². The van der Waals surface area contributed by atoms with E-state index in [-0.39, 0.29) is 24.5 Å². The van der Waals surface area contributed by atoms with Gasteiger partial charge in [-0.05, 0) is 30.3 Å². The van der Waals surface area contributed by atoms with Crippen LogP contribution in [0.3, 0.4) is 0 Å². The number of anilines is 1. The topological polar surface area (TPSA) is 68.3 Å². The lowest BCUT2D eigenvalue weighted by Crippen LogP contribution is -2.48. The zero-order valence-electron chi connectivity index (χ0n) is 17.8. The first-order chi connectivity index (χ1) is 15.1. The molecule has 0 radical (unpaired) electrons. The van der Waals surface area contributed by atoms with E-state index in [9.17, 15) is 9.59 Å². The number of hydrogen-bond donors (Lipinski definition) is 0. The number of hydrogen-bond acceptors (Lipinski definition) is 6. The van der Waals surface area contributed by atoms with E-state index in [4.69, 9.17) is 14.2 Å². The fraction of sp³-hybridized carbons (Fsp3) is 0.417. The summed E-state index contributed by atoms with van der Waals surface area (Å²) >= 11 is 0. The number of carbonyl (C=O) groups is 2. The molecule has 1 fully saturated rings. The van der Waals surface area contributed by atoms with Crippen LogP contribution in [0.2, 0.25) is 0 Å². The number of methoxy groups -OCH3 is 1. The van der Waals surface area contributed by atoms with Gasteiger partial charge in [-0.1, -0.05) is 6.07 Å². The van der Waals surface area contributed by atoms with E-state index in [1.54, 1.807) is 25.3 Å². The van der Waals surface area contributed by atoms with Gasteiger partial charge < -0.3 is 24.0 Å². The fourth-order valence-corrected chi connectivity index (χ4v) is 3.88. The van der Waals surface area contributed by atoms with Gasteiger partial charge >= 0.3 is 0 Å². The van der Waals surface area contributed by atoms with Gasteiger partial charge in [0.15, 0.2) is 17.3 Å². The molecule has 31 heavy (non-hydrogen) atoms.